The van der Waals surface area contributed by atoms with E-state index in [4.69, 9.17) is 4.74 Å². The van der Waals surface area contributed by atoms with E-state index in [1.807, 2.05) is 0 Å². The molecule has 1 unspecified atom stereocenters. The molecule has 1 atom stereocenters. The fourth-order valence-corrected chi connectivity index (χ4v) is 3.02. The molecule has 0 aromatic heterocycles. The van der Waals surface area contributed by atoms with Crippen LogP contribution in [-0.2, 0) is 4.74 Å². The van der Waals surface area contributed by atoms with Crippen molar-refractivity contribution in [1.82, 2.24) is 10.2 Å². The van der Waals surface area contributed by atoms with Gasteiger partial charge in [0.15, 0.2) is 0 Å². The van der Waals surface area contributed by atoms with Gasteiger partial charge in [0, 0.05) is 18.6 Å². The Balaban J connectivity index is 1.88. The van der Waals surface area contributed by atoms with Gasteiger partial charge in [-0.15, -0.1) is 0 Å². The summed E-state index contributed by atoms with van der Waals surface area (Å²) in [6, 6.07) is -1.41. The Morgan fingerprint density at radius 2 is 1.76 bits per heavy atom. The molecule has 2 heterocycles. The molecule has 1 N–H and O–H groups in total. The van der Waals surface area contributed by atoms with Gasteiger partial charge in [-0.1, -0.05) is 0 Å². The van der Waals surface area contributed by atoms with E-state index < -0.39 is 23.4 Å². The number of nitrogens with zero attached hydrogens (tertiary/aromatic N) is 1. The molecule has 2 rings (SSSR count). The fourth-order valence-electron chi connectivity index (χ4n) is 3.02. The predicted octanol–water partition coefficient (Wildman–Crippen LogP) is 3.07. The van der Waals surface area contributed by atoms with Crippen LogP contribution in [0.25, 0.3) is 0 Å². The lowest BCUT2D eigenvalue weighted by molar-refractivity contribution is -0.154. The predicted molar refractivity (Wildman–Crippen MR) is 72.0 cm³/mol. The summed E-state index contributed by atoms with van der Waals surface area (Å²) in [7, 11) is 0. The normalized spacial score (nSPS) is 26.2. The highest BCUT2D eigenvalue weighted by Crippen LogP contribution is 2.38. The van der Waals surface area contributed by atoms with Gasteiger partial charge in [0.25, 0.3) is 0 Å². The average molecular weight is 308 g/mol. The quantitative estimate of drug-likeness (QED) is 0.748. The summed E-state index contributed by atoms with van der Waals surface area (Å²) in [5.41, 5.74) is -1.03. The largest absolute Gasteiger partial charge is 0.444 e. The Hall–Kier alpha value is -0.980. The summed E-state index contributed by atoms with van der Waals surface area (Å²) < 4.78 is 43.5. The summed E-state index contributed by atoms with van der Waals surface area (Å²) >= 11 is 0. The first kappa shape index (κ1) is 16.4. The number of amides is 1. The fraction of sp³-hybridized carbons (Fsp3) is 0.929. The summed E-state index contributed by atoms with van der Waals surface area (Å²) in [5, 5.41) is 2.75. The maximum atomic E-state index is 12.7. The second kappa shape index (κ2) is 5.34. The van der Waals surface area contributed by atoms with Gasteiger partial charge < -0.3 is 15.0 Å². The first-order valence-electron chi connectivity index (χ1n) is 7.33. The average Bonchev–Trinajstić information content (AvgIpc) is 2.72. The number of ether oxygens (including phenoxy) is 1. The second-order valence-electron chi connectivity index (χ2n) is 7.02. The molecule has 2 saturated heterocycles. The summed E-state index contributed by atoms with van der Waals surface area (Å²) in [4.78, 5) is 13.5. The number of hydrogen-bond donors (Lipinski definition) is 1. The van der Waals surface area contributed by atoms with E-state index in [0.29, 0.717) is 32.4 Å². The van der Waals surface area contributed by atoms with Crippen LogP contribution in [0.2, 0.25) is 0 Å². The molecule has 1 amide bonds. The third-order valence-electron chi connectivity index (χ3n) is 4.16. The summed E-state index contributed by atoms with van der Waals surface area (Å²) in [6.07, 6.45) is -2.86. The molecule has 0 saturated carbocycles. The molecule has 0 aromatic carbocycles. The molecular formula is C14H23F3N2O2. The molecular weight excluding hydrogens is 285 g/mol. The molecule has 7 heteroatoms. The number of carbonyl (C=O) groups is 1. The first-order chi connectivity index (χ1) is 9.51. The number of rotatable bonds is 0. The topological polar surface area (TPSA) is 41.6 Å². The number of halogens is 3. The lowest BCUT2D eigenvalue weighted by atomic mass is 9.86. The molecule has 4 nitrogen and oxygen atoms in total. The van der Waals surface area contributed by atoms with Crippen LogP contribution in [-0.4, -0.2) is 47.4 Å². The third-order valence-corrected chi connectivity index (χ3v) is 4.16. The Labute approximate surface area is 123 Å². The maximum absolute atomic E-state index is 12.7. The molecule has 0 aliphatic carbocycles. The molecule has 2 fully saturated rings. The van der Waals surface area contributed by atoms with Crippen molar-refractivity contribution >= 4 is 6.09 Å². The molecule has 0 radical (unpaired) electrons. The van der Waals surface area contributed by atoms with Crippen molar-refractivity contribution in [2.45, 2.75) is 69.8 Å². The van der Waals surface area contributed by atoms with Crippen LogP contribution < -0.4 is 5.32 Å². The zero-order chi connectivity index (χ0) is 15.9. The van der Waals surface area contributed by atoms with Gasteiger partial charge in [-0.2, -0.15) is 13.2 Å². The van der Waals surface area contributed by atoms with Crippen LogP contribution in [0.1, 0.15) is 46.5 Å². The SMILES string of the molecule is CC(C)(C)OC(=O)N1CCC2(CCC(C(F)(F)F)N2)CC1. The third kappa shape index (κ3) is 4.02. The van der Waals surface area contributed by atoms with Crippen molar-refractivity contribution in [3.05, 3.63) is 0 Å². The van der Waals surface area contributed by atoms with Crippen molar-refractivity contribution < 1.29 is 22.7 Å². The van der Waals surface area contributed by atoms with Crippen LogP contribution in [0.5, 0.6) is 0 Å². The molecule has 0 aromatic rings. The van der Waals surface area contributed by atoms with Gasteiger partial charge in [-0.3, -0.25) is 0 Å². The molecule has 2 aliphatic heterocycles. The van der Waals surface area contributed by atoms with Gasteiger partial charge in [-0.25, -0.2) is 4.79 Å². The summed E-state index contributed by atoms with van der Waals surface area (Å²) in [6.45, 7) is 6.26. The highest BCUT2D eigenvalue weighted by Gasteiger charge is 2.50. The van der Waals surface area contributed by atoms with E-state index in [2.05, 4.69) is 5.32 Å². The van der Waals surface area contributed by atoms with Crippen LogP contribution in [0.4, 0.5) is 18.0 Å². The lowest BCUT2D eigenvalue weighted by Crippen LogP contribution is -2.55. The number of hydrogen-bond acceptors (Lipinski definition) is 3. The minimum Gasteiger partial charge on any atom is -0.444 e. The zero-order valence-corrected chi connectivity index (χ0v) is 12.7. The summed E-state index contributed by atoms with van der Waals surface area (Å²) in [5.74, 6) is 0. The first-order valence-corrected chi connectivity index (χ1v) is 7.33. The number of likely N-dealkylation sites (tertiary alicyclic amines) is 1. The van der Waals surface area contributed by atoms with E-state index in [0.717, 1.165) is 0 Å². The highest BCUT2D eigenvalue weighted by molar-refractivity contribution is 5.68. The second-order valence-corrected chi connectivity index (χ2v) is 7.02. The van der Waals surface area contributed by atoms with E-state index >= 15 is 0 Å². The number of nitrogens with one attached hydrogen (secondary N) is 1. The Morgan fingerprint density at radius 3 is 2.19 bits per heavy atom. The van der Waals surface area contributed by atoms with Gasteiger partial charge in [0.1, 0.15) is 11.6 Å². The van der Waals surface area contributed by atoms with E-state index in [-0.39, 0.29) is 12.5 Å². The van der Waals surface area contributed by atoms with E-state index in [1.54, 1.807) is 25.7 Å². The molecule has 2 aliphatic rings. The van der Waals surface area contributed by atoms with Gasteiger partial charge in [-0.05, 0) is 46.5 Å². The van der Waals surface area contributed by atoms with Crippen LogP contribution in [0.3, 0.4) is 0 Å². The Bertz CT molecular complexity index is 396. The monoisotopic (exact) mass is 308 g/mol. The number of carbonyl (C=O) groups excluding carboxylic acids is 1. The van der Waals surface area contributed by atoms with E-state index in [1.165, 1.54) is 0 Å². The zero-order valence-electron chi connectivity index (χ0n) is 12.7. The smallest absolute Gasteiger partial charge is 0.410 e. The standard InChI is InChI=1S/C14H23F3N2O2/c1-12(2,3)21-11(20)19-8-6-13(7-9-19)5-4-10(18-13)14(15,16)17/h10,18H,4-9H2,1-3H3. The highest BCUT2D eigenvalue weighted by atomic mass is 19.4. The van der Waals surface area contributed by atoms with Gasteiger partial charge >= 0.3 is 12.3 Å². The van der Waals surface area contributed by atoms with Crippen molar-refractivity contribution in [3.8, 4) is 0 Å². The lowest BCUT2D eigenvalue weighted by Gasteiger charge is -2.40. The van der Waals surface area contributed by atoms with E-state index in [9.17, 15) is 18.0 Å². The molecule has 0 bridgehead atoms. The van der Waals surface area contributed by atoms with Crippen LogP contribution in [0.15, 0.2) is 0 Å². The molecule has 122 valence electrons. The maximum Gasteiger partial charge on any atom is 0.410 e. The minimum atomic E-state index is -4.19. The van der Waals surface area contributed by atoms with Crippen molar-refractivity contribution in [2.24, 2.45) is 0 Å². The Morgan fingerprint density at radius 1 is 1.19 bits per heavy atom. The molecule has 1 spiro atoms. The van der Waals surface area contributed by atoms with Crippen LogP contribution in [0, 0.1) is 0 Å². The minimum absolute atomic E-state index is 0.121. The Kier molecular flexibility index (Phi) is 4.17. The van der Waals surface area contributed by atoms with Gasteiger partial charge in [0.2, 0.25) is 0 Å². The van der Waals surface area contributed by atoms with Crippen molar-refractivity contribution in [3.63, 3.8) is 0 Å². The van der Waals surface area contributed by atoms with Crippen molar-refractivity contribution in [2.75, 3.05) is 13.1 Å². The number of piperidine rings is 1. The molecule has 21 heavy (non-hydrogen) atoms. The van der Waals surface area contributed by atoms with Gasteiger partial charge in [0.05, 0.1) is 0 Å². The van der Waals surface area contributed by atoms with Crippen molar-refractivity contribution in [1.29, 1.82) is 0 Å². The number of alkyl halides is 3. The van der Waals surface area contributed by atoms with Crippen LogP contribution >= 0.6 is 0 Å².